The zero-order chi connectivity index (χ0) is 20.8. The van der Waals surface area contributed by atoms with Gasteiger partial charge in [0.05, 0.1) is 22.5 Å². The van der Waals surface area contributed by atoms with E-state index in [0.29, 0.717) is 22.2 Å². The van der Waals surface area contributed by atoms with E-state index in [2.05, 4.69) is 17.0 Å². The van der Waals surface area contributed by atoms with Crippen LogP contribution in [-0.4, -0.2) is 14.8 Å². The highest BCUT2D eigenvalue weighted by atomic mass is 35.5. The zero-order valence-corrected chi connectivity index (χ0v) is 17.5. The van der Waals surface area contributed by atoms with Crippen LogP contribution in [0.15, 0.2) is 53.5 Å². The first-order valence-corrected chi connectivity index (χ1v) is 10.8. The molecule has 0 bridgehead atoms. The number of benzene rings is 2. The lowest BCUT2D eigenvalue weighted by Gasteiger charge is -2.33. The van der Waals surface area contributed by atoms with Gasteiger partial charge in [-0.1, -0.05) is 11.6 Å². The predicted molar refractivity (Wildman–Crippen MR) is 119 cm³/mol. The van der Waals surface area contributed by atoms with Gasteiger partial charge in [0.2, 0.25) is 0 Å². The first-order chi connectivity index (χ1) is 14.5. The minimum Gasteiger partial charge on any atom is -0.295 e. The maximum absolute atomic E-state index is 13.8. The van der Waals surface area contributed by atoms with Crippen molar-refractivity contribution in [3.05, 3.63) is 75.4 Å². The summed E-state index contributed by atoms with van der Waals surface area (Å²) in [4.78, 5) is 17.2. The summed E-state index contributed by atoms with van der Waals surface area (Å²) < 4.78 is 15.6. The second-order valence-electron chi connectivity index (χ2n) is 8.39. The molecule has 0 saturated heterocycles. The Morgan fingerprint density at radius 3 is 2.70 bits per heavy atom. The van der Waals surface area contributed by atoms with E-state index in [4.69, 9.17) is 11.6 Å². The van der Waals surface area contributed by atoms with E-state index in [1.54, 1.807) is 35.0 Å². The summed E-state index contributed by atoms with van der Waals surface area (Å²) in [5.41, 5.74) is 2.81. The number of H-pyrrole nitrogens is 1. The van der Waals surface area contributed by atoms with Crippen molar-refractivity contribution in [3.8, 4) is 0 Å². The molecular formula is C24H23ClFN3O. The van der Waals surface area contributed by atoms with Crippen LogP contribution in [0.4, 0.5) is 4.39 Å². The third-order valence-electron chi connectivity index (χ3n) is 6.71. The topological polar surface area (TPSA) is 50.7 Å². The van der Waals surface area contributed by atoms with Gasteiger partial charge in [-0.05, 0) is 92.5 Å². The molecule has 1 N–H and O–H groups in total. The minimum atomic E-state index is -0.225. The fourth-order valence-corrected chi connectivity index (χ4v) is 5.18. The third kappa shape index (κ3) is 3.31. The molecule has 6 heteroatoms. The highest BCUT2D eigenvalue weighted by Gasteiger charge is 2.29. The summed E-state index contributed by atoms with van der Waals surface area (Å²) in [6, 6.07) is 12.2. The molecule has 0 amide bonds. The SMILES string of the molecule is C[C@H]([C@H]1CC[C@@H](c2ccnc3ccc(F)cc32)CC1)n1[nH]c2cc(Cl)ccc2c1=O. The lowest BCUT2D eigenvalue weighted by Crippen LogP contribution is -2.28. The van der Waals surface area contributed by atoms with Gasteiger partial charge in [-0.15, -0.1) is 0 Å². The quantitative estimate of drug-likeness (QED) is 0.426. The number of fused-ring (bicyclic) bond motifs is 2. The highest BCUT2D eigenvalue weighted by molar-refractivity contribution is 6.31. The molecule has 154 valence electrons. The van der Waals surface area contributed by atoms with Crippen LogP contribution in [0, 0.1) is 11.7 Å². The van der Waals surface area contributed by atoms with Crippen LogP contribution in [0.5, 0.6) is 0 Å². The Labute approximate surface area is 178 Å². The highest BCUT2D eigenvalue weighted by Crippen LogP contribution is 2.41. The molecule has 4 aromatic rings. The number of halogens is 2. The van der Waals surface area contributed by atoms with Crippen LogP contribution >= 0.6 is 11.6 Å². The van der Waals surface area contributed by atoms with Crippen LogP contribution < -0.4 is 5.56 Å². The van der Waals surface area contributed by atoms with Gasteiger partial charge >= 0.3 is 0 Å². The van der Waals surface area contributed by atoms with Gasteiger partial charge in [-0.2, -0.15) is 0 Å². The van der Waals surface area contributed by atoms with Gasteiger partial charge in [-0.25, -0.2) is 9.07 Å². The Hall–Kier alpha value is -2.66. The number of pyridine rings is 1. The van der Waals surface area contributed by atoms with Gasteiger partial charge < -0.3 is 0 Å². The summed E-state index contributed by atoms with van der Waals surface area (Å²) in [6.07, 6.45) is 5.90. The Kier molecular flexibility index (Phi) is 4.86. The lowest BCUT2D eigenvalue weighted by molar-refractivity contribution is 0.233. The summed E-state index contributed by atoms with van der Waals surface area (Å²) in [5.74, 6) is 0.573. The van der Waals surface area contributed by atoms with E-state index in [1.807, 2.05) is 12.3 Å². The van der Waals surface area contributed by atoms with E-state index in [0.717, 1.165) is 42.1 Å². The van der Waals surface area contributed by atoms with E-state index < -0.39 is 0 Å². The summed E-state index contributed by atoms with van der Waals surface area (Å²) in [7, 11) is 0. The van der Waals surface area contributed by atoms with Gasteiger partial charge in [-0.3, -0.25) is 14.9 Å². The monoisotopic (exact) mass is 423 g/mol. The largest absolute Gasteiger partial charge is 0.295 e. The average molecular weight is 424 g/mol. The smallest absolute Gasteiger partial charge is 0.274 e. The van der Waals surface area contributed by atoms with Gasteiger partial charge in [0.1, 0.15) is 5.82 Å². The molecule has 1 atom stereocenters. The zero-order valence-electron chi connectivity index (χ0n) is 16.7. The molecular weight excluding hydrogens is 401 g/mol. The second-order valence-corrected chi connectivity index (χ2v) is 8.83. The molecule has 2 heterocycles. The normalized spacial score (nSPS) is 20.6. The number of aromatic amines is 1. The second kappa shape index (κ2) is 7.55. The number of nitrogens with one attached hydrogen (secondary N) is 1. The minimum absolute atomic E-state index is 0.00638. The number of nitrogens with zero attached hydrogens (tertiary/aromatic N) is 2. The molecule has 1 saturated carbocycles. The van der Waals surface area contributed by atoms with E-state index in [1.165, 1.54) is 11.6 Å². The fraction of sp³-hybridized carbons (Fsp3) is 0.333. The van der Waals surface area contributed by atoms with Crippen molar-refractivity contribution >= 4 is 33.4 Å². The number of aromatic nitrogens is 3. The number of rotatable bonds is 3. The lowest BCUT2D eigenvalue weighted by atomic mass is 9.75. The van der Waals surface area contributed by atoms with Gasteiger partial charge in [0, 0.05) is 16.6 Å². The molecule has 1 fully saturated rings. The molecule has 0 radical (unpaired) electrons. The molecule has 2 aromatic carbocycles. The van der Waals surface area contributed by atoms with Crippen LogP contribution in [-0.2, 0) is 0 Å². The van der Waals surface area contributed by atoms with Crippen LogP contribution in [0.3, 0.4) is 0 Å². The van der Waals surface area contributed by atoms with Crippen molar-refractivity contribution in [2.24, 2.45) is 5.92 Å². The van der Waals surface area contributed by atoms with Gasteiger partial charge in [0.15, 0.2) is 0 Å². The fourth-order valence-electron chi connectivity index (χ4n) is 5.01. The third-order valence-corrected chi connectivity index (χ3v) is 6.95. The predicted octanol–water partition coefficient (Wildman–Crippen LogP) is 6.21. The molecule has 0 spiro atoms. The Balaban J connectivity index is 1.37. The van der Waals surface area contributed by atoms with Crippen molar-refractivity contribution in [2.75, 3.05) is 0 Å². The molecule has 0 unspecified atom stereocenters. The Bertz CT molecular complexity index is 1290. The first-order valence-electron chi connectivity index (χ1n) is 10.4. The molecule has 30 heavy (non-hydrogen) atoms. The van der Waals surface area contributed by atoms with Crippen molar-refractivity contribution in [3.63, 3.8) is 0 Å². The maximum Gasteiger partial charge on any atom is 0.274 e. The van der Waals surface area contributed by atoms with E-state index in [-0.39, 0.29) is 17.4 Å². The molecule has 1 aliphatic carbocycles. The Morgan fingerprint density at radius 1 is 1.10 bits per heavy atom. The molecule has 0 aliphatic heterocycles. The van der Waals surface area contributed by atoms with Crippen LogP contribution in [0.2, 0.25) is 5.02 Å². The van der Waals surface area contributed by atoms with Crippen molar-refractivity contribution < 1.29 is 4.39 Å². The number of hydrogen-bond acceptors (Lipinski definition) is 2. The van der Waals surface area contributed by atoms with E-state index in [9.17, 15) is 9.18 Å². The Morgan fingerprint density at radius 2 is 1.90 bits per heavy atom. The standard InChI is InChI=1S/C24H23ClFN3O/c1-14(29-24(30)20-8-6-17(25)12-23(20)28-29)15-2-4-16(5-3-15)19-10-11-27-22-9-7-18(26)13-21(19)22/h6-16,28H,2-5H2,1H3/t14-,15-,16+/m1/s1. The first kappa shape index (κ1) is 19.3. The maximum atomic E-state index is 13.8. The summed E-state index contributed by atoms with van der Waals surface area (Å²) in [6.45, 7) is 2.11. The molecule has 5 rings (SSSR count). The summed E-state index contributed by atoms with van der Waals surface area (Å²) >= 11 is 6.07. The molecule has 4 nitrogen and oxygen atoms in total. The molecule has 2 aromatic heterocycles. The van der Waals surface area contributed by atoms with Crippen molar-refractivity contribution in [1.82, 2.24) is 14.8 Å². The summed E-state index contributed by atoms with van der Waals surface area (Å²) in [5, 5.41) is 5.45. The van der Waals surface area contributed by atoms with Gasteiger partial charge in [0.25, 0.3) is 5.56 Å². The van der Waals surface area contributed by atoms with E-state index >= 15 is 0 Å². The van der Waals surface area contributed by atoms with Crippen LogP contribution in [0.25, 0.3) is 21.8 Å². The van der Waals surface area contributed by atoms with Crippen LogP contribution in [0.1, 0.15) is 50.1 Å². The number of hydrogen-bond donors (Lipinski definition) is 1. The van der Waals surface area contributed by atoms with Crippen molar-refractivity contribution in [1.29, 1.82) is 0 Å². The average Bonchev–Trinajstić information content (AvgIpc) is 3.08. The van der Waals surface area contributed by atoms with Crippen molar-refractivity contribution in [2.45, 2.75) is 44.6 Å². The molecule has 1 aliphatic rings.